The molecule has 2 aromatic rings. The molecule has 36 heavy (non-hydrogen) atoms. The topological polar surface area (TPSA) is 86.8 Å². The average Bonchev–Trinajstić information content (AvgIpc) is 3.35. The first-order chi connectivity index (χ1) is 17.1. The number of nitrogens with zero attached hydrogens (tertiary/aromatic N) is 2. The van der Waals surface area contributed by atoms with Crippen LogP contribution in [0.1, 0.15) is 51.0 Å². The number of rotatable bonds is 12. The molecule has 0 radical (unpaired) electrons. The summed E-state index contributed by atoms with van der Waals surface area (Å²) >= 11 is 5.94. The van der Waals surface area contributed by atoms with Crippen LogP contribution in [0.15, 0.2) is 54.6 Å². The van der Waals surface area contributed by atoms with E-state index in [1.807, 2.05) is 30.3 Å². The highest BCUT2D eigenvalue weighted by atomic mass is 35.5. The molecule has 3 rings (SSSR count). The third-order valence-electron chi connectivity index (χ3n) is 6.62. The molecule has 0 heterocycles. The van der Waals surface area contributed by atoms with Crippen molar-refractivity contribution in [2.75, 3.05) is 23.7 Å². The van der Waals surface area contributed by atoms with Crippen LogP contribution >= 0.6 is 11.6 Å². The van der Waals surface area contributed by atoms with E-state index in [4.69, 9.17) is 11.6 Å². The van der Waals surface area contributed by atoms with Crippen LogP contribution in [-0.2, 0) is 26.0 Å². The van der Waals surface area contributed by atoms with Gasteiger partial charge in [0.1, 0.15) is 6.04 Å². The fourth-order valence-corrected chi connectivity index (χ4v) is 5.66. The van der Waals surface area contributed by atoms with Crippen molar-refractivity contribution in [2.45, 2.75) is 64.0 Å². The molecule has 1 aliphatic rings. The van der Waals surface area contributed by atoms with Gasteiger partial charge in [0, 0.05) is 30.6 Å². The molecule has 0 spiro atoms. The van der Waals surface area contributed by atoms with E-state index in [1.54, 1.807) is 36.1 Å². The molecule has 0 saturated heterocycles. The summed E-state index contributed by atoms with van der Waals surface area (Å²) in [6.07, 6.45) is 6.41. The number of hydrogen-bond donors (Lipinski definition) is 1. The monoisotopic (exact) mass is 533 g/mol. The van der Waals surface area contributed by atoms with Crippen molar-refractivity contribution in [3.05, 3.63) is 65.2 Å². The highest BCUT2D eigenvalue weighted by Gasteiger charge is 2.28. The number of anilines is 1. The van der Waals surface area contributed by atoms with Gasteiger partial charge in [0.2, 0.25) is 21.8 Å². The van der Waals surface area contributed by atoms with Crippen molar-refractivity contribution >= 4 is 39.1 Å². The van der Waals surface area contributed by atoms with Crippen LogP contribution in [0.5, 0.6) is 0 Å². The second kappa shape index (κ2) is 13.1. The first kappa shape index (κ1) is 28.0. The number of halogens is 1. The van der Waals surface area contributed by atoms with Crippen LogP contribution in [-0.4, -0.2) is 56.6 Å². The van der Waals surface area contributed by atoms with E-state index in [9.17, 15) is 18.0 Å². The van der Waals surface area contributed by atoms with Gasteiger partial charge in [-0.3, -0.25) is 13.9 Å². The number of sulfonamides is 1. The zero-order chi connectivity index (χ0) is 26.1. The molecule has 1 aliphatic carbocycles. The van der Waals surface area contributed by atoms with Crippen molar-refractivity contribution in [1.82, 2.24) is 10.2 Å². The first-order valence-electron chi connectivity index (χ1n) is 12.5. The molecule has 1 saturated carbocycles. The Bertz CT molecular complexity index is 1100. The fourth-order valence-electron chi connectivity index (χ4n) is 4.57. The molecule has 0 unspecified atom stereocenters. The maximum Gasteiger partial charge on any atom is 0.242 e. The fraction of sp³-hybridized carbons (Fsp3) is 0.481. The van der Waals surface area contributed by atoms with E-state index in [2.05, 4.69) is 5.32 Å². The summed E-state index contributed by atoms with van der Waals surface area (Å²) in [4.78, 5) is 27.9. The van der Waals surface area contributed by atoms with Gasteiger partial charge in [0.05, 0.1) is 11.9 Å². The zero-order valence-electron chi connectivity index (χ0n) is 21.0. The van der Waals surface area contributed by atoms with Gasteiger partial charge in [0.25, 0.3) is 0 Å². The van der Waals surface area contributed by atoms with Crippen molar-refractivity contribution < 1.29 is 18.0 Å². The second-order valence-corrected chi connectivity index (χ2v) is 11.7. The summed E-state index contributed by atoms with van der Waals surface area (Å²) < 4.78 is 26.1. The molecule has 0 bridgehead atoms. The van der Waals surface area contributed by atoms with Crippen LogP contribution in [0.25, 0.3) is 0 Å². The Labute approximate surface area is 219 Å². The standard InChI is InChI=1S/C27H36ClN3O4S/c1-21(27(33)29-24-11-6-7-12-24)30(20-18-22-9-4-3-5-10-22)26(32)13-8-19-31(36(2,34)35)25-16-14-23(28)15-17-25/h3-5,9-10,14-17,21,24H,6-8,11-13,18-20H2,1-2H3,(H,29,33)/t21-/m0/s1. The van der Waals surface area contributed by atoms with Gasteiger partial charge in [-0.15, -0.1) is 0 Å². The van der Waals surface area contributed by atoms with Crippen LogP contribution in [0.3, 0.4) is 0 Å². The number of amides is 2. The largest absolute Gasteiger partial charge is 0.352 e. The van der Waals surface area contributed by atoms with Crippen molar-refractivity contribution in [3.63, 3.8) is 0 Å². The molecule has 196 valence electrons. The summed E-state index contributed by atoms with van der Waals surface area (Å²) in [5.74, 6) is -0.299. The van der Waals surface area contributed by atoms with E-state index < -0.39 is 16.1 Å². The quantitative estimate of drug-likeness (QED) is 0.438. The van der Waals surface area contributed by atoms with E-state index in [0.29, 0.717) is 30.1 Å². The SMILES string of the molecule is C[C@@H](C(=O)NC1CCCC1)N(CCc1ccccc1)C(=O)CCCN(c1ccc(Cl)cc1)S(C)(=O)=O. The highest BCUT2D eigenvalue weighted by molar-refractivity contribution is 7.92. The molecule has 9 heteroatoms. The average molecular weight is 534 g/mol. The minimum Gasteiger partial charge on any atom is -0.352 e. The van der Waals surface area contributed by atoms with E-state index >= 15 is 0 Å². The molecule has 0 aromatic heterocycles. The summed E-state index contributed by atoms with van der Waals surface area (Å²) in [5, 5.41) is 3.62. The number of carbonyl (C=O) groups excluding carboxylic acids is 2. The van der Waals surface area contributed by atoms with Gasteiger partial charge in [-0.25, -0.2) is 8.42 Å². The maximum absolute atomic E-state index is 13.3. The Kier molecular flexibility index (Phi) is 10.2. The molecule has 2 amide bonds. The lowest BCUT2D eigenvalue weighted by Crippen LogP contribution is -2.50. The molecular weight excluding hydrogens is 498 g/mol. The van der Waals surface area contributed by atoms with Gasteiger partial charge in [-0.1, -0.05) is 54.8 Å². The number of nitrogens with one attached hydrogen (secondary N) is 1. The van der Waals surface area contributed by atoms with Crippen LogP contribution in [0.2, 0.25) is 5.02 Å². The van der Waals surface area contributed by atoms with Crippen LogP contribution in [0, 0.1) is 0 Å². The highest BCUT2D eigenvalue weighted by Crippen LogP contribution is 2.22. The van der Waals surface area contributed by atoms with Crippen molar-refractivity contribution in [3.8, 4) is 0 Å². The molecular formula is C27H36ClN3O4S. The smallest absolute Gasteiger partial charge is 0.242 e. The second-order valence-electron chi connectivity index (χ2n) is 9.40. The van der Waals surface area contributed by atoms with Crippen LogP contribution in [0.4, 0.5) is 5.69 Å². The Balaban J connectivity index is 1.66. The van der Waals surface area contributed by atoms with E-state index in [1.165, 1.54) is 4.31 Å². The normalized spacial score (nSPS) is 14.9. The third-order valence-corrected chi connectivity index (χ3v) is 8.07. The van der Waals surface area contributed by atoms with Gasteiger partial charge in [0.15, 0.2) is 0 Å². The predicted molar refractivity (Wildman–Crippen MR) is 145 cm³/mol. The summed E-state index contributed by atoms with van der Waals surface area (Å²) in [6, 6.07) is 16.0. The van der Waals surface area contributed by atoms with Gasteiger partial charge in [-0.05, 0) is 62.4 Å². The Morgan fingerprint density at radius 2 is 1.67 bits per heavy atom. The van der Waals surface area contributed by atoms with Gasteiger partial charge in [-0.2, -0.15) is 0 Å². The lowest BCUT2D eigenvalue weighted by molar-refractivity contribution is -0.140. The van der Waals surface area contributed by atoms with Crippen molar-refractivity contribution in [2.24, 2.45) is 0 Å². The lowest BCUT2D eigenvalue weighted by Gasteiger charge is -2.30. The number of hydrogen-bond acceptors (Lipinski definition) is 4. The summed E-state index contributed by atoms with van der Waals surface area (Å²) in [7, 11) is -3.54. The molecule has 0 aliphatic heterocycles. The van der Waals surface area contributed by atoms with Gasteiger partial charge < -0.3 is 10.2 Å². The predicted octanol–water partition coefficient (Wildman–Crippen LogP) is 4.40. The molecule has 2 aromatic carbocycles. The number of benzene rings is 2. The molecule has 1 atom stereocenters. The Morgan fingerprint density at radius 1 is 1.03 bits per heavy atom. The Hall–Kier alpha value is -2.58. The van der Waals surface area contributed by atoms with Gasteiger partial charge >= 0.3 is 0 Å². The summed E-state index contributed by atoms with van der Waals surface area (Å²) in [6.45, 7) is 2.33. The molecule has 1 fully saturated rings. The minimum atomic E-state index is -3.54. The van der Waals surface area contributed by atoms with Crippen molar-refractivity contribution in [1.29, 1.82) is 0 Å². The first-order valence-corrected chi connectivity index (χ1v) is 14.7. The Morgan fingerprint density at radius 3 is 2.28 bits per heavy atom. The third kappa shape index (κ3) is 8.23. The summed E-state index contributed by atoms with van der Waals surface area (Å²) in [5.41, 5.74) is 1.59. The zero-order valence-corrected chi connectivity index (χ0v) is 22.6. The van der Waals surface area contributed by atoms with E-state index in [0.717, 1.165) is 37.5 Å². The maximum atomic E-state index is 13.3. The molecule has 7 nitrogen and oxygen atoms in total. The van der Waals surface area contributed by atoms with Crippen LogP contribution < -0.4 is 9.62 Å². The van der Waals surface area contributed by atoms with E-state index in [-0.39, 0.29) is 30.8 Å². The minimum absolute atomic E-state index is 0.134. The number of carbonyl (C=O) groups is 2. The lowest BCUT2D eigenvalue weighted by atomic mass is 10.1. The molecule has 1 N–H and O–H groups in total.